The van der Waals surface area contributed by atoms with Gasteiger partial charge in [-0.2, -0.15) is 0 Å². The lowest BCUT2D eigenvalue weighted by Gasteiger charge is -2.36. The number of benzene rings is 2. The SMILES string of the molecule is C[C@@H](NC(=O)OC(C)(C)C)c1cccc(OCCCCCCOCCN2CCN(c3cc4c(cc3F)C(O)N(C3CCC(=O)NC3=O)C4=O)CC2)c1. The molecule has 0 saturated carbocycles. The maximum absolute atomic E-state index is 15.3. The lowest BCUT2D eigenvalue weighted by atomic mass is 10.0. The number of aliphatic hydroxyl groups excluding tert-OH is 1. The number of alkyl carbamates (subject to hydrolysis) is 1. The van der Waals surface area contributed by atoms with Gasteiger partial charge in [0, 0.05) is 56.9 Å². The number of aliphatic hydroxyl groups is 1. The fourth-order valence-corrected chi connectivity index (χ4v) is 6.68. The molecule has 0 bridgehead atoms. The summed E-state index contributed by atoms with van der Waals surface area (Å²) in [4.78, 5) is 54.5. The van der Waals surface area contributed by atoms with Gasteiger partial charge >= 0.3 is 6.09 Å². The molecular weight excluding hydrogens is 673 g/mol. The molecule has 2 unspecified atom stereocenters. The third-order valence-electron chi connectivity index (χ3n) is 9.48. The summed E-state index contributed by atoms with van der Waals surface area (Å²) >= 11 is 0. The zero-order valence-corrected chi connectivity index (χ0v) is 30.6. The molecule has 14 heteroatoms. The number of rotatable bonds is 15. The number of ether oxygens (including phenoxy) is 3. The van der Waals surface area contributed by atoms with Gasteiger partial charge in [0.15, 0.2) is 6.23 Å². The first-order chi connectivity index (χ1) is 24.8. The van der Waals surface area contributed by atoms with Crippen molar-refractivity contribution in [2.24, 2.45) is 0 Å². The Bertz CT molecular complexity index is 1590. The molecule has 284 valence electrons. The molecule has 5 rings (SSSR count). The Balaban J connectivity index is 0.939. The first-order valence-corrected chi connectivity index (χ1v) is 18.3. The van der Waals surface area contributed by atoms with Crippen LogP contribution in [0.1, 0.15) is 100.0 Å². The number of nitrogens with zero attached hydrogens (tertiary/aromatic N) is 3. The second-order valence-electron chi connectivity index (χ2n) is 14.6. The van der Waals surface area contributed by atoms with Crippen molar-refractivity contribution in [2.45, 2.75) is 90.1 Å². The van der Waals surface area contributed by atoms with Crippen molar-refractivity contribution in [1.82, 2.24) is 20.4 Å². The van der Waals surface area contributed by atoms with Crippen molar-refractivity contribution in [2.75, 3.05) is 57.4 Å². The van der Waals surface area contributed by atoms with E-state index in [-0.39, 0.29) is 30.0 Å². The molecule has 0 spiro atoms. The number of imide groups is 1. The molecule has 0 radical (unpaired) electrons. The van der Waals surface area contributed by atoms with Gasteiger partial charge in [0.25, 0.3) is 5.91 Å². The van der Waals surface area contributed by atoms with Crippen LogP contribution in [0.2, 0.25) is 0 Å². The smallest absolute Gasteiger partial charge is 0.408 e. The Hall–Kier alpha value is -4.27. The van der Waals surface area contributed by atoms with Crippen molar-refractivity contribution in [3.05, 3.63) is 58.9 Å². The molecule has 0 aliphatic carbocycles. The molecule has 4 amide bonds. The third kappa shape index (κ3) is 10.2. The number of carbonyl (C=O) groups is 4. The Labute approximate surface area is 304 Å². The van der Waals surface area contributed by atoms with Gasteiger partial charge in [0.2, 0.25) is 11.8 Å². The predicted octanol–water partition coefficient (Wildman–Crippen LogP) is 4.44. The lowest BCUT2D eigenvalue weighted by molar-refractivity contribution is -0.139. The van der Waals surface area contributed by atoms with E-state index in [2.05, 4.69) is 15.5 Å². The molecule has 2 fully saturated rings. The number of hydrogen-bond donors (Lipinski definition) is 3. The second kappa shape index (κ2) is 17.5. The van der Waals surface area contributed by atoms with Crippen LogP contribution in [0.25, 0.3) is 0 Å². The number of nitrogens with one attached hydrogen (secondary N) is 2. The van der Waals surface area contributed by atoms with Gasteiger partial charge in [-0.25, -0.2) is 9.18 Å². The lowest BCUT2D eigenvalue weighted by Crippen LogP contribution is -2.53. The topological polar surface area (TPSA) is 150 Å². The van der Waals surface area contributed by atoms with Crippen LogP contribution in [-0.4, -0.2) is 103 Å². The van der Waals surface area contributed by atoms with Gasteiger partial charge in [-0.15, -0.1) is 0 Å². The Morgan fingerprint density at radius 1 is 1.02 bits per heavy atom. The van der Waals surface area contributed by atoms with Crippen molar-refractivity contribution in [3.63, 3.8) is 0 Å². The standard InChI is InChI=1S/C38H52FN5O8/c1-25(40-37(49)52-38(2,3)4)26-10-9-11-27(22-26)51-20-8-6-5-7-19-50-21-18-42-14-16-43(17-15-42)32-24-29-28(23-30(32)39)35(47)44(36(29)48)31-12-13-33(45)41-34(31)46/h9-11,22-25,31,35,47H,5-8,12-21H2,1-4H3,(H,40,49)(H,41,45,46)/t25-,31?,35?/m1/s1. The van der Waals surface area contributed by atoms with Gasteiger partial charge in [-0.05, 0) is 83.2 Å². The van der Waals surface area contributed by atoms with E-state index in [1.54, 1.807) is 0 Å². The summed E-state index contributed by atoms with van der Waals surface area (Å²) in [6.45, 7) is 12.6. The molecule has 3 heterocycles. The summed E-state index contributed by atoms with van der Waals surface area (Å²) in [5.41, 5.74) is 0.977. The average molecular weight is 726 g/mol. The first-order valence-electron chi connectivity index (χ1n) is 18.3. The maximum atomic E-state index is 15.3. The fourth-order valence-electron chi connectivity index (χ4n) is 6.68. The summed E-state index contributed by atoms with van der Waals surface area (Å²) in [5.74, 6) is -1.38. The third-order valence-corrected chi connectivity index (χ3v) is 9.48. The molecule has 0 aromatic heterocycles. The zero-order chi connectivity index (χ0) is 37.4. The Morgan fingerprint density at radius 2 is 1.75 bits per heavy atom. The number of amides is 4. The number of carbonyl (C=O) groups excluding carboxylic acids is 4. The highest BCUT2D eigenvalue weighted by Gasteiger charge is 2.45. The van der Waals surface area contributed by atoms with Crippen LogP contribution in [0, 0.1) is 5.82 Å². The van der Waals surface area contributed by atoms with Crippen molar-refractivity contribution in [1.29, 1.82) is 0 Å². The largest absolute Gasteiger partial charge is 0.494 e. The zero-order valence-electron chi connectivity index (χ0n) is 30.6. The number of anilines is 1. The van der Waals surface area contributed by atoms with Gasteiger partial charge in [-0.3, -0.25) is 29.5 Å². The summed E-state index contributed by atoms with van der Waals surface area (Å²) in [5, 5.41) is 15.9. The van der Waals surface area contributed by atoms with Crippen LogP contribution in [0.3, 0.4) is 0 Å². The van der Waals surface area contributed by atoms with Crippen LogP contribution < -0.4 is 20.3 Å². The summed E-state index contributed by atoms with van der Waals surface area (Å²) in [6, 6.07) is 9.17. The van der Waals surface area contributed by atoms with E-state index in [1.807, 2.05) is 56.9 Å². The van der Waals surface area contributed by atoms with Gasteiger partial charge < -0.3 is 29.5 Å². The van der Waals surface area contributed by atoms with Gasteiger partial charge in [-0.1, -0.05) is 18.6 Å². The van der Waals surface area contributed by atoms with Crippen LogP contribution in [0.15, 0.2) is 36.4 Å². The van der Waals surface area contributed by atoms with E-state index in [1.165, 1.54) is 12.1 Å². The quantitative estimate of drug-likeness (QED) is 0.178. The van der Waals surface area contributed by atoms with E-state index in [0.29, 0.717) is 51.7 Å². The number of halogens is 1. The number of piperazine rings is 1. The highest BCUT2D eigenvalue weighted by Crippen LogP contribution is 2.38. The molecule has 2 aromatic rings. The molecular formula is C38H52FN5O8. The number of hydrogen-bond acceptors (Lipinski definition) is 10. The highest BCUT2D eigenvalue weighted by atomic mass is 19.1. The molecule has 3 aliphatic heterocycles. The van der Waals surface area contributed by atoms with E-state index in [9.17, 15) is 24.3 Å². The van der Waals surface area contributed by atoms with E-state index in [4.69, 9.17) is 14.2 Å². The number of unbranched alkanes of at least 4 members (excludes halogenated alkanes) is 3. The fraction of sp³-hybridized carbons (Fsp3) is 0.579. The van der Waals surface area contributed by atoms with Gasteiger partial charge in [0.1, 0.15) is 23.2 Å². The van der Waals surface area contributed by atoms with E-state index < -0.39 is 47.5 Å². The molecule has 52 heavy (non-hydrogen) atoms. The minimum atomic E-state index is -1.46. The summed E-state index contributed by atoms with van der Waals surface area (Å²) in [6.07, 6.45) is 2.21. The van der Waals surface area contributed by atoms with Crippen LogP contribution in [0.5, 0.6) is 5.75 Å². The maximum Gasteiger partial charge on any atom is 0.408 e. The molecule has 3 N–H and O–H groups in total. The van der Waals surface area contributed by atoms with Crippen molar-refractivity contribution in [3.8, 4) is 5.75 Å². The second-order valence-corrected chi connectivity index (χ2v) is 14.6. The molecule has 3 aliphatic rings. The molecule has 13 nitrogen and oxygen atoms in total. The predicted molar refractivity (Wildman–Crippen MR) is 191 cm³/mol. The van der Waals surface area contributed by atoms with Crippen LogP contribution in [0.4, 0.5) is 14.9 Å². The minimum absolute atomic E-state index is 0.0613. The molecule has 2 saturated heterocycles. The summed E-state index contributed by atoms with van der Waals surface area (Å²) in [7, 11) is 0. The van der Waals surface area contributed by atoms with Crippen LogP contribution in [-0.2, 0) is 19.1 Å². The number of fused-ring (bicyclic) bond motifs is 1. The Morgan fingerprint density at radius 3 is 2.46 bits per heavy atom. The normalized spacial score (nSPS) is 20.1. The summed E-state index contributed by atoms with van der Waals surface area (Å²) < 4.78 is 32.4. The van der Waals surface area contributed by atoms with Gasteiger partial charge in [0.05, 0.1) is 24.9 Å². The number of piperidine rings is 1. The van der Waals surface area contributed by atoms with Crippen molar-refractivity contribution < 1.29 is 42.9 Å². The van der Waals surface area contributed by atoms with E-state index in [0.717, 1.165) is 48.4 Å². The first kappa shape index (κ1) is 38.9. The monoisotopic (exact) mass is 725 g/mol. The average Bonchev–Trinajstić information content (AvgIpc) is 3.32. The van der Waals surface area contributed by atoms with Crippen molar-refractivity contribution >= 4 is 29.5 Å². The minimum Gasteiger partial charge on any atom is -0.494 e. The van der Waals surface area contributed by atoms with E-state index >= 15 is 4.39 Å². The highest BCUT2D eigenvalue weighted by molar-refractivity contribution is 6.06. The van der Waals surface area contributed by atoms with Crippen LogP contribution >= 0.6 is 0 Å². The molecule has 3 atom stereocenters. The Kier molecular flexibility index (Phi) is 13.1. The molecule has 2 aromatic carbocycles.